The smallest absolute Gasteiger partial charge is 0.321 e. The predicted molar refractivity (Wildman–Crippen MR) is 176 cm³/mol. The van der Waals surface area contributed by atoms with Gasteiger partial charge in [-0.3, -0.25) is 4.79 Å². The van der Waals surface area contributed by atoms with Crippen molar-refractivity contribution in [2.24, 2.45) is 11.8 Å². The SMILES string of the molecule is CCOc1ncccc1C1(N(C)C(=O)N2CCC(C3CCN(C)CC3)CC2)C(=O)N(S(=O)(=O)c2ccccc2)c2ccc(C#N)cc21. The summed E-state index contributed by atoms with van der Waals surface area (Å²) in [4.78, 5) is 39.5. The van der Waals surface area contributed by atoms with Crippen LogP contribution in [0.15, 0.2) is 71.8 Å². The molecule has 3 aliphatic rings. The molecule has 2 aromatic carbocycles. The van der Waals surface area contributed by atoms with Crippen molar-refractivity contribution < 1.29 is 22.7 Å². The molecule has 0 saturated carbocycles. The van der Waals surface area contributed by atoms with E-state index in [1.165, 1.54) is 48.5 Å². The van der Waals surface area contributed by atoms with Crippen LogP contribution in [0.4, 0.5) is 10.5 Å². The maximum Gasteiger partial charge on any atom is 0.321 e. The van der Waals surface area contributed by atoms with E-state index in [1.807, 2.05) is 0 Å². The highest BCUT2D eigenvalue weighted by Crippen LogP contribution is 2.52. The lowest BCUT2D eigenvalue weighted by Crippen LogP contribution is -2.59. The first-order valence-corrected chi connectivity index (χ1v) is 17.6. The first-order valence-electron chi connectivity index (χ1n) is 16.1. The van der Waals surface area contributed by atoms with Gasteiger partial charge in [0.2, 0.25) is 5.88 Å². The number of pyridine rings is 1. The Bertz CT molecular complexity index is 1800. The summed E-state index contributed by atoms with van der Waals surface area (Å²) >= 11 is 0. The van der Waals surface area contributed by atoms with E-state index in [0.29, 0.717) is 24.9 Å². The molecule has 2 fully saturated rings. The molecule has 0 bridgehead atoms. The standard InChI is InChI=1S/C35H40N6O5S/c1-4-46-32-29(11-8-18-37-32)35(39(3)34(43)40-21-16-27(17-22-40)26-14-19-38(2)20-15-26)30-23-25(24-36)12-13-31(30)41(33(35)42)47(44,45)28-9-6-5-7-10-28/h5-13,18,23,26-27H,4,14-17,19-22H2,1-3H3. The molecule has 12 heteroatoms. The number of likely N-dealkylation sites (N-methyl/N-ethyl adjacent to an activating group) is 1. The Labute approximate surface area is 276 Å². The van der Waals surface area contributed by atoms with Gasteiger partial charge in [0.05, 0.1) is 34.4 Å². The molecule has 2 saturated heterocycles. The first-order chi connectivity index (χ1) is 22.6. The molecule has 47 heavy (non-hydrogen) atoms. The number of sulfonamides is 1. The number of urea groups is 1. The van der Waals surface area contributed by atoms with E-state index in [2.05, 4.69) is 23.0 Å². The van der Waals surface area contributed by atoms with Gasteiger partial charge >= 0.3 is 6.03 Å². The number of ether oxygens (including phenoxy) is 1. The molecule has 3 aliphatic heterocycles. The van der Waals surface area contributed by atoms with E-state index in [4.69, 9.17) is 4.74 Å². The fraction of sp³-hybridized carbons (Fsp3) is 0.429. The Morgan fingerprint density at radius 3 is 2.30 bits per heavy atom. The summed E-state index contributed by atoms with van der Waals surface area (Å²) in [6, 6.07) is 17.1. The van der Waals surface area contributed by atoms with Crippen LogP contribution in [0.1, 0.15) is 49.3 Å². The lowest BCUT2D eigenvalue weighted by molar-refractivity contribution is -0.125. The normalized spacial score (nSPS) is 20.9. The minimum Gasteiger partial charge on any atom is -0.478 e. The van der Waals surface area contributed by atoms with Gasteiger partial charge in [0, 0.05) is 31.9 Å². The molecule has 6 rings (SSSR count). The molecule has 246 valence electrons. The van der Waals surface area contributed by atoms with Gasteiger partial charge in [-0.1, -0.05) is 18.2 Å². The third-order valence-electron chi connectivity index (χ3n) is 9.98. The Morgan fingerprint density at radius 1 is 1.00 bits per heavy atom. The van der Waals surface area contributed by atoms with Crippen molar-refractivity contribution in [3.05, 3.63) is 83.6 Å². The number of carbonyl (C=O) groups excluding carboxylic acids is 2. The zero-order chi connectivity index (χ0) is 33.3. The Balaban J connectivity index is 1.46. The van der Waals surface area contributed by atoms with E-state index in [0.717, 1.165) is 43.1 Å². The number of nitrogens with zero attached hydrogens (tertiary/aromatic N) is 6. The highest BCUT2D eigenvalue weighted by atomic mass is 32.2. The maximum atomic E-state index is 15.1. The molecular formula is C35H40N6O5S. The molecule has 11 nitrogen and oxygen atoms in total. The molecule has 1 atom stereocenters. The molecular weight excluding hydrogens is 616 g/mol. The van der Waals surface area contributed by atoms with Crippen molar-refractivity contribution in [1.82, 2.24) is 19.7 Å². The van der Waals surface area contributed by atoms with Crippen molar-refractivity contribution >= 4 is 27.6 Å². The maximum absolute atomic E-state index is 15.1. The molecule has 3 aromatic rings. The second kappa shape index (κ2) is 13.0. The minimum atomic E-state index is -4.45. The van der Waals surface area contributed by atoms with E-state index in [-0.39, 0.29) is 39.8 Å². The Hall–Kier alpha value is -4.47. The predicted octanol–water partition coefficient (Wildman–Crippen LogP) is 4.44. The quantitative estimate of drug-likeness (QED) is 0.366. The zero-order valence-corrected chi connectivity index (χ0v) is 27.8. The molecule has 1 unspecified atom stereocenters. The van der Waals surface area contributed by atoms with Crippen molar-refractivity contribution in [1.29, 1.82) is 5.26 Å². The molecule has 0 N–H and O–H groups in total. The van der Waals surface area contributed by atoms with Gasteiger partial charge < -0.3 is 19.4 Å². The molecule has 3 amide bonds. The number of rotatable bonds is 7. The van der Waals surface area contributed by atoms with E-state index >= 15 is 4.79 Å². The van der Waals surface area contributed by atoms with E-state index < -0.39 is 27.5 Å². The summed E-state index contributed by atoms with van der Waals surface area (Å²) in [5.74, 6) is 0.364. The fourth-order valence-corrected chi connectivity index (χ4v) is 8.96. The average molecular weight is 657 g/mol. The number of likely N-dealkylation sites (tertiary alicyclic amines) is 2. The zero-order valence-electron chi connectivity index (χ0n) is 27.0. The molecule has 4 heterocycles. The summed E-state index contributed by atoms with van der Waals surface area (Å²) < 4.78 is 35.2. The van der Waals surface area contributed by atoms with E-state index in [1.54, 1.807) is 42.2 Å². The van der Waals surface area contributed by atoms with Crippen LogP contribution < -0.4 is 9.04 Å². The van der Waals surface area contributed by atoms with Crippen LogP contribution in [-0.4, -0.2) is 86.9 Å². The number of benzene rings is 2. The number of aromatic nitrogens is 1. The van der Waals surface area contributed by atoms with Gasteiger partial charge in [-0.25, -0.2) is 18.2 Å². The summed E-state index contributed by atoms with van der Waals surface area (Å²) in [5.41, 5.74) is -1.34. The summed E-state index contributed by atoms with van der Waals surface area (Å²) in [6.07, 6.45) is 5.53. The van der Waals surface area contributed by atoms with Crippen LogP contribution in [0.5, 0.6) is 5.88 Å². The van der Waals surface area contributed by atoms with Crippen LogP contribution in [0, 0.1) is 23.2 Å². The largest absolute Gasteiger partial charge is 0.478 e. The van der Waals surface area contributed by atoms with Gasteiger partial charge in [-0.15, -0.1) is 0 Å². The lowest BCUT2D eigenvalue weighted by Gasteiger charge is -2.44. The minimum absolute atomic E-state index is 0.0600. The number of piperidine rings is 2. The van der Waals surface area contributed by atoms with Crippen molar-refractivity contribution in [3.63, 3.8) is 0 Å². The fourth-order valence-electron chi connectivity index (χ4n) is 7.48. The second-order valence-electron chi connectivity index (χ2n) is 12.5. The summed E-state index contributed by atoms with van der Waals surface area (Å²) in [7, 11) is -0.777. The lowest BCUT2D eigenvalue weighted by atomic mass is 9.79. The highest BCUT2D eigenvalue weighted by molar-refractivity contribution is 7.93. The van der Waals surface area contributed by atoms with Crippen molar-refractivity contribution in [2.45, 2.75) is 43.0 Å². The van der Waals surface area contributed by atoms with Gasteiger partial charge in [-0.05, 0) is 107 Å². The molecule has 0 aliphatic carbocycles. The highest BCUT2D eigenvalue weighted by Gasteiger charge is 2.61. The van der Waals surface area contributed by atoms with Gasteiger partial charge in [-0.2, -0.15) is 9.57 Å². The monoisotopic (exact) mass is 656 g/mol. The number of anilines is 1. The number of nitriles is 1. The summed E-state index contributed by atoms with van der Waals surface area (Å²) in [5, 5.41) is 9.92. The average Bonchev–Trinajstić information content (AvgIpc) is 3.37. The number of fused-ring (bicyclic) bond motifs is 1. The van der Waals surface area contributed by atoms with Gasteiger partial charge in [0.1, 0.15) is 0 Å². The second-order valence-corrected chi connectivity index (χ2v) is 14.3. The third-order valence-corrected chi connectivity index (χ3v) is 11.7. The van der Waals surface area contributed by atoms with Crippen LogP contribution in [0.2, 0.25) is 0 Å². The van der Waals surface area contributed by atoms with Crippen LogP contribution in [0.25, 0.3) is 0 Å². The van der Waals surface area contributed by atoms with E-state index in [9.17, 15) is 18.5 Å². The van der Waals surface area contributed by atoms with Crippen LogP contribution >= 0.6 is 0 Å². The number of amides is 3. The van der Waals surface area contributed by atoms with Gasteiger partial charge in [0.25, 0.3) is 15.9 Å². The molecule has 1 aromatic heterocycles. The van der Waals surface area contributed by atoms with Crippen LogP contribution in [0.3, 0.4) is 0 Å². The van der Waals surface area contributed by atoms with Crippen LogP contribution in [-0.2, 0) is 20.4 Å². The third kappa shape index (κ3) is 5.51. The Kier molecular flexibility index (Phi) is 8.96. The van der Waals surface area contributed by atoms with Crippen molar-refractivity contribution in [3.8, 4) is 11.9 Å². The van der Waals surface area contributed by atoms with Gasteiger partial charge in [0.15, 0.2) is 5.54 Å². The topological polar surface area (TPSA) is 127 Å². The summed E-state index contributed by atoms with van der Waals surface area (Å²) in [6.45, 7) is 5.19. The first kappa shape index (κ1) is 32.5. The number of hydrogen-bond acceptors (Lipinski definition) is 8. The molecule has 0 radical (unpaired) electrons. The Morgan fingerprint density at radius 2 is 1.66 bits per heavy atom. The number of hydrogen-bond donors (Lipinski definition) is 0. The van der Waals surface area contributed by atoms with Crippen molar-refractivity contribution in [2.75, 3.05) is 51.2 Å². The molecule has 0 spiro atoms. The number of carbonyl (C=O) groups is 2.